The van der Waals surface area contributed by atoms with E-state index >= 15 is 0 Å². The van der Waals surface area contributed by atoms with Crippen LogP contribution in [0.5, 0.6) is 0 Å². The summed E-state index contributed by atoms with van der Waals surface area (Å²) in [4.78, 5) is 4.35. The Balaban J connectivity index is 2.67. The molecule has 0 spiro atoms. The number of nitrogens with zero attached hydrogens (tertiary/aromatic N) is 1. The van der Waals surface area contributed by atoms with Crippen LogP contribution >= 0.6 is 15.9 Å². The molecule has 1 nitrogen and oxygen atoms in total. The van der Waals surface area contributed by atoms with Gasteiger partial charge in [-0.2, -0.15) is 0 Å². The Labute approximate surface area is 88.7 Å². The number of aromatic nitrogens is 1. The van der Waals surface area contributed by atoms with Crippen molar-refractivity contribution in [2.24, 2.45) is 5.92 Å². The Bertz CT molecular complexity index is 258. The van der Waals surface area contributed by atoms with Crippen LogP contribution in [0.3, 0.4) is 0 Å². The van der Waals surface area contributed by atoms with E-state index in [1.807, 2.05) is 6.20 Å². The molecule has 0 aliphatic rings. The highest BCUT2D eigenvalue weighted by Gasteiger charge is 1.99. The summed E-state index contributed by atoms with van der Waals surface area (Å²) in [5.41, 5.74) is 2.59. The maximum Gasteiger partial charge on any atom is 0.0408 e. The largest absolute Gasteiger partial charge is 0.261 e. The SMILES string of the molecule is CC(C)Cc1cc(CCBr)ccn1. The summed E-state index contributed by atoms with van der Waals surface area (Å²) >= 11 is 3.44. The van der Waals surface area contributed by atoms with Crippen LogP contribution in [0.15, 0.2) is 18.3 Å². The van der Waals surface area contributed by atoms with Crippen molar-refractivity contribution < 1.29 is 0 Å². The molecule has 0 unspecified atom stereocenters. The lowest BCUT2D eigenvalue weighted by atomic mass is 10.1. The predicted octanol–water partition coefficient (Wildman–Crippen LogP) is 3.22. The minimum Gasteiger partial charge on any atom is -0.261 e. The highest BCUT2D eigenvalue weighted by atomic mass is 79.9. The van der Waals surface area contributed by atoms with Crippen LogP contribution in [-0.4, -0.2) is 10.3 Å². The van der Waals surface area contributed by atoms with Gasteiger partial charge in [0.2, 0.25) is 0 Å². The number of aryl methyl sites for hydroxylation is 1. The molecule has 1 heterocycles. The van der Waals surface area contributed by atoms with Gasteiger partial charge < -0.3 is 0 Å². The fourth-order valence-corrected chi connectivity index (χ4v) is 1.78. The first-order valence-corrected chi connectivity index (χ1v) is 5.84. The van der Waals surface area contributed by atoms with E-state index in [9.17, 15) is 0 Å². The van der Waals surface area contributed by atoms with Crippen molar-refractivity contribution in [1.82, 2.24) is 4.98 Å². The van der Waals surface area contributed by atoms with Crippen molar-refractivity contribution >= 4 is 15.9 Å². The molecule has 0 N–H and O–H groups in total. The standard InChI is InChI=1S/C11H16BrN/c1-9(2)7-11-8-10(3-5-12)4-6-13-11/h4,6,8-9H,3,5,7H2,1-2H3. The highest BCUT2D eigenvalue weighted by Crippen LogP contribution is 2.08. The van der Waals surface area contributed by atoms with Gasteiger partial charge in [-0.15, -0.1) is 0 Å². The molecule has 0 saturated carbocycles. The highest BCUT2D eigenvalue weighted by molar-refractivity contribution is 9.09. The van der Waals surface area contributed by atoms with E-state index in [2.05, 4.69) is 46.9 Å². The van der Waals surface area contributed by atoms with Crippen molar-refractivity contribution in [1.29, 1.82) is 0 Å². The van der Waals surface area contributed by atoms with Crippen LogP contribution in [0.1, 0.15) is 25.1 Å². The lowest BCUT2D eigenvalue weighted by molar-refractivity contribution is 0.634. The predicted molar refractivity (Wildman–Crippen MR) is 60.3 cm³/mol. The molecule has 0 atom stereocenters. The van der Waals surface area contributed by atoms with Crippen molar-refractivity contribution in [3.63, 3.8) is 0 Å². The molecule has 0 aliphatic heterocycles. The number of halogens is 1. The van der Waals surface area contributed by atoms with E-state index in [0.717, 1.165) is 18.2 Å². The minimum atomic E-state index is 0.687. The molecule has 13 heavy (non-hydrogen) atoms. The van der Waals surface area contributed by atoms with Crippen LogP contribution in [0.2, 0.25) is 0 Å². The summed E-state index contributed by atoms with van der Waals surface area (Å²) in [5, 5.41) is 1.03. The molecule has 0 aliphatic carbocycles. The van der Waals surface area contributed by atoms with Crippen molar-refractivity contribution in [2.45, 2.75) is 26.7 Å². The Kier molecular flexibility index (Phi) is 4.43. The smallest absolute Gasteiger partial charge is 0.0408 e. The van der Waals surface area contributed by atoms with Crippen LogP contribution in [0.4, 0.5) is 0 Å². The van der Waals surface area contributed by atoms with Gasteiger partial charge in [0, 0.05) is 17.2 Å². The third-order valence-electron chi connectivity index (χ3n) is 1.88. The van der Waals surface area contributed by atoms with E-state index in [1.54, 1.807) is 0 Å². The quantitative estimate of drug-likeness (QED) is 0.739. The summed E-state index contributed by atoms with van der Waals surface area (Å²) in [6, 6.07) is 4.30. The Morgan fingerprint density at radius 1 is 1.46 bits per heavy atom. The summed E-state index contributed by atoms with van der Waals surface area (Å²) in [6.45, 7) is 4.44. The molecule has 2 heteroatoms. The number of pyridine rings is 1. The third kappa shape index (κ3) is 3.90. The first kappa shape index (κ1) is 10.7. The molecule has 0 radical (unpaired) electrons. The topological polar surface area (TPSA) is 12.9 Å². The van der Waals surface area contributed by atoms with Gasteiger partial charge in [0.1, 0.15) is 0 Å². The zero-order valence-electron chi connectivity index (χ0n) is 8.26. The van der Waals surface area contributed by atoms with Crippen molar-refractivity contribution in [3.8, 4) is 0 Å². The third-order valence-corrected chi connectivity index (χ3v) is 2.28. The van der Waals surface area contributed by atoms with Crippen LogP contribution in [-0.2, 0) is 12.8 Å². The Morgan fingerprint density at radius 3 is 2.85 bits per heavy atom. The van der Waals surface area contributed by atoms with Gasteiger partial charge in [0.15, 0.2) is 0 Å². The number of hydrogen-bond acceptors (Lipinski definition) is 1. The fraction of sp³-hybridized carbons (Fsp3) is 0.545. The molecular weight excluding hydrogens is 226 g/mol. The first-order valence-electron chi connectivity index (χ1n) is 4.72. The van der Waals surface area contributed by atoms with Crippen LogP contribution in [0, 0.1) is 5.92 Å². The van der Waals surface area contributed by atoms with Gasteiger partial charge in [0.05, 0.1) is 0 Å². The molecule has 1 aromatic heterocycles. The average molecular weight is 242 g/mol. The second-order valence-electron chi connectivity index (χ2n) is 3.69. The summed E-state index contributed by atoms with van der Waals surface area (Å²) < 4.78 is 0. The van der Waals surface area contributed by atoms with E-state index in [1.165, 1.54) is 11.3 Å². The van der Waals surface area contributed by atoms with Gasteiger partial charge >= 0.3 is 0 Å². The van der Waals surface area contributed by atoms with Crippen LogP contribution in [0.25, 0.3) is 0 Å². The lowest BCUT2D eigenvalue weighted by Crippen LogP contribution is -1.98. The minimum absolute atomic E-state index is 0.687. The molecular formula is C11H16BrN. The van der Waals surface area contributed by atoms with E-state index in [0.29, 0.717) is 5.92 Å². The fourth-order valence-electron chi connectivity index (χ4n) is 1.32. The molecule has 1 rings (SSSR count). The van der Waals surface area contributed by atoms with E-state index in [-0.39, 0.29) is 0 Å². The van der Waals surface area contributed by atoms with Crippen molar-refractivity contribution in [2.75, 3.05) is 5.33 Å². The Hall–Kier alpha value is -0.370. The first-order chi connectivity index (χ1) is 6.22. The van der Waals surface area contributed by atoms with Gasteiger partial charge in [-0.1, -0.05) is 29.8 Å². The second-order valence-corrected chi connectivity index (χ2v) is 4.49. The normalized spacial score (nSPS) is 10.8. The maximum atomic E-state index is 4.35. The molecule has 0 bridgehead atoms. The van der Waals surface area contributed by atoms with Gasteiger partial charge in [0.25, 0.3) is 0 Å². The summed E-state index contributed by atoms with van der Waals surface area (Å²) in [7, 11) is 0. The molecule has 0 aromatic carbocycles. The molecule has 0 fully saturated rings. The van der Waals surface area contributed by atoms with Gasteiger partial charge in [-0.3, -0.25) is 4.98 Å². The molecule has 0 amide bonds. The molecule has 72 valence electrons. The summed E-state index contributed by atoms with van der Waals surface area (Å²) in [5.74, 6) is 0.687. The Morgan fingerprint density at radius 2 is 2.23 bits per heavy atom. The average Bonchev–Trinajstić information content (AvgIpc) is 2.04. The number of hydrogen-bond donors (Lipinski definition) is 0. The zero-order valence-corrected chi connectivity index (χ0v) is 9.84. The monoisotopic (exact) mass is 241 g/mol. The number of rotatable bonds is 4. The zero-order chi connectivity index (χ0) is 9.68. The molecule has 0 saturated heterocycles. The van der Waals surface area contributed by atoms with Crippen LogP contribution < -0.4 is 0 Å². The van der Waals surface area contributed by atoms with Crippen molar-refractivity contribution in [3.05, 3.63) is 29.6 Å². The van der Waals surface area contributed by atoms with E-state index in [4.69, 9.17) is 0 Å². The maximum absolute atomic E-state index is 4.35. The second kappa shape index (κ2) is 5.38. The van der Waals surface area contributed by atoms with Gasteiger partial charge in [-0.05, 0) is 36.5 Å². The van der Waals surface area contributed by atoms with E-state index < -0.39 is 0 Å². The number of alkyl halides is 1. The molecule has 1 aromatic rings. The van der Waals surface area contributed by atoms with Gasteiger partial charge in [-0.25, -0.2) is 0 Å². The lowest BCUT2D eigenvalue weighted by Gasteiger charge is -2.05. The summed E-state index contributed by atoms with van der Waals surface area (Å²) in [6.07, 6.45) is 4.08.